The summed E-state index contributed by atoms with van der Waals surface area (Å²) in [6.45, 7) is 1.91. The van der Waals surface area contributed by atoms with Crippen molar-refractivity contribution in [2.24, 2.45) is 10.9 Å². The van der Waals surface area contributed by atoms with Crippen LogP contribution in [0, 0.1) is 33.1 Å². The molecule has 45 heavy (non-hydrogen) atoms. The number of nitro benzene ring substituents is 2. The minimum Gasteiger partial charge on any atom is -0.262 e. The van der Waals surface area contributed by atoms with Crippen molar-refractivity contribution in [1.82, 2.24) is 4.98 Å². The second-order valence-electron chi connectivity index (χ2n) is 11.1. The molecule has 0 spiro atoms. The molecule has 0 fully saturated rings. The molecule has 0 N–H and O–H groups in total. The fraction of sp³-hybridized carbons (Fsp3) is 0.0811. The molecule has 1 unspecified atom stereocenters. The number of fused-ring (bicyclic) bond motifs is 3. The minimum atomic E-state index is -0.835. The maximum atomic E-state index is 12.5. The predicted octanol–water partition coefficient (Wildman–Crippen LogP) is 8.42. The number of aryl methyl sites for hydroxylation is 1. The van der Waals surface area contributed by atoms with Crippen molar-refractivity contribution in [3.8, 4) is 0 Å². The zero-order valence-electron chi connectivity index (χ0n) is 24.2. The monoisotopic (exact) mass is 590 g/mol. The topological polar surface area (TPSA) is 112 Å². The smallest absolute Gasteiger partial charge is 0.262 e. The van der Waals surface area contributed by atoms with Crippen molar-refractivity contribution >= 4 is 33.9 Å². The van der Waals surface area contributed by atoms with E-state index in [2.05, 4.69) is 47.5 Å². The summed E-state index contributed by atoms with van der Waals surface area (Å²) in [6.07, 6.45) is 5.78. The van der Waals surface area contributed by atoms with Crippen LogP contribution in [0.4, 0.5) is 17.1 Å². The Hall–Kier alpha value is -6.02. The van der Waals surface area contributed by atoms with Crippen LogP contribution in [0.1, 0.15) is 33.5 Å². The first-order chi connectivity index (χ1) is 21.9. The SMILES string of the molecule is Cc1cc(C2=CC(C(c3ccccc3)(c3ccccc3)c3ccccc3)C3=Nc4ccc([N+](=O)[O-])c([N+](=O)[O-])c4C3=C2)ccn1. The number of allylic oxidation sites excluding steroid dienone is 4. The van der Waals surface area contributed by atoms with Crippen LogP contribution in [0.2, 0.25) is 0 Å². The first kappa shape index (κ1) is 27.8. The van der Waals surface area contributed by atoms with E-state index in [0.29, 0.717) is 17.0 Å². The molecule has 8 heteroatoms. The van der Waals surface area contributed by atoms with Gasteiger partial charge >= 0.3 is 11.4 Å². The van der Waals surface area contributed by atoms with Crippen molar-refractivity contribution in [3.05, 3.63) is 187 Å². The number of aliphatic imine (C=N–C) groups is 1. The summed E-state index contributed by atoms with van der Waals surface area (Å²) < 4.78 is 0. The van der Waals surface area contributed by atoms with Crippen LogP contribution in [0.3, 0.4) is 0 Å². The highest BCUT2D eigenvalue weighted by Crippen LogP contribution is 2.55. The minimum absolute atomic E-state index is 0.161. The van der Waals surface area contributed by atoms with Gasteiger partial charge in [0.15, 0.2) is 0 Å². The molecule has 0 radical (unpaired) electrons. The third-order valence-corrected chi connectivity index (χ3v) is 8.62. The summed E-state index contributed by atoms with van der Waals surface area (Å²) >= 11 is 0. The zero-order chi connectivity index (χ0) is 31.1. The van der Waals surface area contributed by atoms with Gasteiger partial charge in [-0.3, -0.25) is 30.2 Å². The van der Waals surface area contributed by atoms with Gasteiger partial charge in [-0.25, -0.2) is 0 Å². The van der Waals surface area contributed by atoms with E-state index >= 15 is 0 Å². The van der Waals surface area contributed by atoms with Crippen molar-refractivity contribution in [3.63, 3.8) is 0 Å². The number of benzene rings is 4. The molecule has 7 rings (SSSR count). The average Bonchev–Trinajstić information content (AvgIpc) is 3.45. The lowest BCUT2D eigenvalue weighted by molar-refractivity contribution is -0.422. The highest BCUT2D eigenvalue weighted by Gasteiger charge is 2.50. The van der Waals surface area contributed by atoms with Crippen LogP contribution in [-0.2, 0) is 5.41 Å². The summed E-state index contributed by atoms with van der Waals surface area (Å²) in [4.78, 5) is 32.6. The number of hydrogen-bond donors (Lipinski definition) is 0. The van der Waals surface area contributed by atoms with Crippen LogP contribution in [0.25, 0.3) is 11.1 Å². The molecule has 0 saturated heterocycles. The highest BCUT2D eigenvalue weighted by atomic mass is 16.6. The van der Waals surface area contributed by atoms with Gasteiger partial charge in [0.25, 0.3) is 0 Å². The molecular weight excluding hydrogens is 564 g/mol. The molecule has 5 aromatic rings. The van der Waals surface area contributed by atoms with E-state index in [0.717, 1.165) is 33.5 Å². The van der Waals surface area contributed by atoms with Crippen molar-refractivity contribution in [1.29, 1.82) is 0 Å². The van der Waals surface area contributed by atoms with Gasteiger partial charge in [-0.1, -0.05) is 97.1 Å². The lowest BCUT2D eigenvalue weighted by Gasteiger charge is -2.43. The predicted molar refractivity (Wildman–Crippen MR) is 174 cm³/mol. The second-order valence-corrected chi connectivity index (χ2v) is 11.1. The van der Waals surface area contributed by atoms with Crippen LogP contribution >= 0.6 is 0 Å². The van der Waals surface area contributed by atoms with E-state index in [-0.39, 0.29) is 5.56 Å². The number of aromatic nitrogens is 1. The fourth-order valence-corrected chi connectivity index (χ4v) is 6.80. The van der Waals surface area contributed by atoms with E-state index < -0.39 is 32.6 Å². The van der Waals surface area contributed by atoms with Gasteiger partial charge < -0.3 is 0 Å². The van der Waals surface area contributed by atoms with E-state index in [1.807, 2.05) is 79.7 Å². The molecule has 1 aromatic heterocycles. The lowest BCUT2D eigenvalue weighted by Crippen LogP contribution is -2.42. The summed E-state index contributed by atoms with van der Waals surface area (Å²) in [5, 5.41) is 24.5. The fourth-order valence-electron chi connectivity index (χ4n) is 6.80. The number of pyridine rings is 1. The summed E-state index contributed by atoms with van der Waals surface area (Å²) in [7, 11) is 0. The maximum absolute atomic E-state index is 12.5. The van der Waals surface area contributed by atoms with Gasteiger partial charge in [-0.2, -0.15) is 0 Å². The molecule has 0 amide bonds. The Bertz CT molecular complexity index is 1970. The Kier molecular flexibility index (Phi) is 6.74. The van der Waals surface area contributed by atoms with Crippen LogP contribution in [0.5, 0.6) is 0 Å². The third kappa shape index (κ3) is 4.46. The number of hydrogen-bond acceptors (Lipinski definition) is 6. The molecular formula is C37H26N4O4. The number of nitrogens with zero attached hydrogens (tertiary/aromatic N) is 4. The molecule has 2 heterocycles. The zero-order valence-corrected chi connectivity index (χ0v) is 24.2. The Balaban J connectivity index is 1.61. The molecule has 8 nitrogen and oxygen atoms in total. The van der Waals surface area contributed by atoms with Gasteiger partial charge in [-0.05, 0) is 59.0 Å². The van der Waals surface area contributed by atoms with Gasteiger partial charge in [0.05, 0.1) is 32.2 Å². The third-order valence-electron chi connectivity index (χ3n) is 8.62. The normalized spacial score (nSPS) is 15.3. The molecule has 2 aliphatic rings. The van der Waals surface area contributed by atoms with Gasteiger partial charge in [0.2, 0.25) is 0 Å². The lowest BCUT2D eigenvalue weighted by atomic mass is 9.58. The highest BCUT2D eigenvalue weighted by molar-refractivity contribution is 6.35. The van der Waals surface area contributed by atoms with Crippen LogP contribution in [-0.4, -0.2) is 20.5 Å². The van der Waals surface area contributed by atoms with E-state index in [1.165, 1.54) is 12.1 Å². The molecule has 1 atom stereocenters. The maximum Gasteiger partial charge on any atom is 0.356 e. The molecule has 1 aliphatic heterocycles. The summed E-state index contributed by atoms with van der Waals surface area (Å²) in [5.41, 5.74) is 5.19. The standard InChI is InChI=1S/C37H26N4O4/c1-24-21-25(19-20-38-24)26-22-30-34-32(17-18-33(40(42)43)36(34)41(44)45)39-35(30)31(23-26)37(27-11-5-2-6-12-27,28-13-7-3-8-14-28)29-15-9-4-10-16-29/h2-23,31H,1H3. The average molecular weight is 591 g/mol. The van der Waals surface area contributed by atoms with E-state index in [4.69, 9.17) is 4.99 Å². The Morgan fingerprint density at radius 2 is 1.31 bits per heavy atom. The largest absolute Gasteiger partial charge is 0.356 e. The van der Waals surface area contributed by atoms with E-state index in [1.54, 1.807) is 6.20 Å². The Labute approximate surface area is 259 Å². The second kappa shape index (κ2) is 10.9. The van der Waals surface area contributed by atoms with Gasteiger partial charge in [0, 0.05) is 29.4 Å². The first-order valence-electron chi connectivity index (χ1n) is 14.5. The van der Waals surface area contributed by atoms with E-state index in [9.17, 15) is 20.2 Å². The Morgan fingerprint density at radius 3 is 1.82 bits per heavy atom. The van der Waals surface area contributed by atoms with Gasteiger partial charge in [0.1, 0.15) is 0 Å². The molecule has 4 aromatic carbocycles. The number of nitro groups is 2. The molecule has 218 valence electrons. The molecule has 0 saturated carbocycles. The molecule has 1 aliphatic carbocycles. The van der Waals surface area contributed by atoms with Gasteiger partial charge in [-0.15, -0.1) is 0 Å². The van der Waals surface area contributed by atoms with Crippen molar-refractivity contribution in [2.75, 3.05) is 0 Å². The van der Waals surface area contributed by atoms with Crippen molar-refractivity contribution in [2.45, 2.75) is 12.3 Å². The molecule has 0 bridgehead atoms. The summed E-state index contributed by atoms with van der Waals surface area (Å²) in [6, 6.07) is 37.1. The Morgan fingerprint density at radius 1 is 0.733 bits per heavy atom. The number of rotatable bonds is 7. The summed E-state index contributed by atoms with van der Waals surface area (Å²) in [5.74, 6) is -0.473. The van der Waals surface area contributed by atoms with Crippen molar-refractivity contribution < 1.29 is 9.85 Å². The van der Waals surface area contributed by atoms with Crippen LogP contribution in [0.15, 0.2) is 139 Å². The van der Waals surface area contributed by atoms with Crippen LogP contribution < -0.4 is 0 Å². The quantitative estimate of drug-likeness (QED) is 0.107. The first-order valence-corrected chi connectivity index (χ1v) is 14.5.